The van der Waals surface area contributed by atoms with Gasteiger partial charge in [-0.3, -0.25) is 0 Å². The molecule has 168 valence electrons. The van der Waals surface area contributed by atoms with Gasteiger partial charge in [-0.15, -0.1) is 0 Å². The minimum atomic E-state index is 0.470. The molecule has 3 fully saturated rings. The van der Waals surface area contributed by atoms with E-state index in [1.807, 2.05) is 5.57 Å². The van der Waals surface area contributed by atoms with E-state index in [0.717, 1.165) is 29.6 Å². The molecule has 0 bridgehead atoms. The fraction of sp³-hybridized carbons (Fsp3) is 0.862. The van der Waals surface area contributed by atoms with Gasteiger partial charge in [0.05, 0.1) is 5.76 Å². The van der Waals surface area contributed by atoms with E-state index in [-0.39, 0.29) is 0 Å². The lowest BCUT2D eigenvalue weighted by atomic mass is 9.47. The van der Waals surface area contributed by atoms with Crippen LogP contribution < -0.4 is 0 Å². The van der Waals surface area contributed by atoms with Gasteiger partial charge in [-0.05, 0) is 104 Å². The SMILES string of the molecule is CCC(C)CCC1=C(C)C2C(CC3C4CC=C5CC(C)CCC5(C)C4CCC32C)O1. The number of ether oxygens (including phenoxy) is 1. The Morgan fingerprint density at radius 3 is 2.73 bits per heavy atom. The van der Waals surface area contributed by atoms with Crippen molar-refractivity contribution in [1.29, 1.82) is 0 Å². The first-order valence-electron chi connectivity index (χ1n) is 13.3. The molecule has 1 nitrogen and oxygen atoms in total. The average molecular weight is 411 g/mol. The molecule has 0 aromatic heterocycles. The first-order valence-corrected chi connectivity index (χ1v) is 13.3. The van der Waals surface area contributed by atoms with Gasteiger partial charge in [0.25, 0.3) is 0 Å². The first kappa shape index (κ1) is 21.1. The van der Waals surface area contributed by atoms with Gasteiger partial charge in [-0.1, -0.05) is 52.7 Å². The first-order chi connectivity index (χ1) is 14.3. The molecule has 4 aliphatic carbocycles. The third-order valence-electron chi connectivity index (χ3n) is 11.1. The lowest BCUT2D eigenvalue weighted by molar-refractivity contribution is -0.0389. The molecule has 5 rings (SSSR count). The number of rotatable bonds is 4. The Kier molecular flexibility index (Phi) is 5.22. The topological polar surface area (TPSA) is 9.23 Å². The Bertz CT molecular complexity index is 745. The number of hydrogen-bond acceptors (Lipinski definition) is 1. The fourth-order valence-corrected chi connectivity index (χ4v) is 9.01. The average Bonchev–Trinajstić information content (AvgIpc) is 3.20. The molecular formula is C29H46O. The summed E-state index contributed by atoms with van der Waals surface area (Å²) in [6.07, 6.45) is 16.8. The van der Waals surface area contributed by atoms with Crippen LogP contribution >= 0.6 is 0 Å². The van der Waals surface area contributed by atoms with E-state index >= 15 is 0 Å². The van der Waals surface area contributed by atoms with Gasteiger partial charge in [-0.25, -0.2) is 0 Å². The second-order valence-corrected chi connectivity index (χ2v) is 12.7. The predicted molar refractivity (Wildman–Crippen MR) is 126 cm³/mol. The van der Waals surface area contributed by atoms with E-state index in [0.29, 0.717) is 22.9 Å². The maximum Gasteiger partial charge on any atom is 0.106 e. The molecular weight excluding hydrogens is 364 g/mol. The normalized spacial score (nSPS) is 48.3. The maximum atomic E-state index is 6.74. The molecule has 0 saturated heterocycles. The molecule has 1 aliphatic heterocycles. The van der Waals surface area contributed by atoms with Crippen molar-refractivity contribution in [1.82, 2.24) is 0 Å². The molecule has 0 spiro atoms. The van der Waals surface area contributed by atoms with Crippen molar-refractivity contribution in [3.8, 4) is 0 Å². The Morgan fingerprint density at radius 2 is 1.97 bits per heavy atom. The van der Waals surface area contributed by atoms with E-state index in [1.165, 1.54) is 70.0 Å². The smallest absolute Gasteiger partial charge is 0.106 e. The molecule has 0 aromatic carbocycles. The molecule has 1 heteroatoms. The summed E-state index contributed by atoms with van der Waals surface area (Å²) in [5.41, 5.74) is 4.44. The van der Waals surface area contributed by atoms with E-state index in [2.05, 4.69) is 47.6 Å². The third-order valence-corrected chi connectivity index (χ3v) is 11.1. The van der Waals surface area contributed by atoms with Crippen molar-refractivity contribution in [2.75, 3.05) is 0 Å². The van der Waals surface area contributed by atoms with Crippen molar-refractivity contribution >= 4 is 0 Å². The lowest BCUT2D eigenvalue weighted by Crippen LogP contribution is -2.50. The number of hydrogen-bond donors (Lipinski definition) is 0. The van der Waals surface area contributed by atoms with Crippen molar-refractivity contribution in [3.05, 3.63) is 23.0 Å². The molecule has 0 N–H and O–H groups in total. The molecule has 0 radical (unpaired) electrons. The summed E-state index contributed by atoms with van der Waals surface area (Å²) in [6.45, 7) is 14.9. The predicted octanol–water partition coefficient (Wildman–Crippen LogP) is 8.31. The minimum absolute atomic E-state index is 0.470. The van der Waals surface area contributed by atoms with E-state index in [9.17, 15) is 0 Å². The van der Waals surface area contributed by atoms with Crippen LogP contribution in [0.5, 0.6) is 0 Å². The number of allylic oxidation sites excluding steroid dienone is 3. The van der Waals surface area contributed by atoms with E-state index in [4.69, 9.17) is 4.74 Å². The highest BCUT2D eigenvalue weighted by molar-refractivity contribution is 5.29. The zero-order chi connectivity index (χ0) is 21.3. The van der Waals surface area contributed by atoms with Gasteiger partial charge in [0, 0.05) is 12.3 Å². The van der Waals surface area contributed by atoms with Crippen molar-refractivity contribution < 1.29 is 4.74 Å². The summed E-state index contributed by atoms with van der Waals surface area (Å²) in [5, 5.41) is 0. The van der Waals surface area contributed by atoms with Gasteiger partial charge in [0.1, 0.15) is 6.10 Å². The third kappa shape index (κ3) is 3.00. The van der Waals surface area contributed by atoms with Gasteiger partial charge < -0.3 is 4.74 Å². The Labute approximate surface area is 186 Å². The molecule has 3 saturated carbocycles. The fourth-order valence-electron chi connectivity index (χ4n) is 9.01. The van der Waals surface area contributed by atoms with Gasteiger partial charge in [0.2, 0.25) is 0 Å². The Morgan fingerprint density at radius 1 is 1.17 bits per heavy atom. The van der Waals surface area contributed by atoms with Crippen LogP contribution in [-0.4, -0.2) is 6.10 Å². The highest BCUT2D eigenvalue weighted by atomic mass is 16.5. The molecule has 1 heterocycles. The van der Waals surface area contributed by atoms with E-state index < -0.39 is 0 Å². The van der Waals surface area contributed by atoms with Gasteiger partial charge in [0.15, 0.2) is 0 Å². The van der Waals surface area contributed by atoms with Crippen molar-refractivity contribution in [2.45, 2.75) is 112 Å². The quantitative estimate of drug-likeness (QED) is 0.423. The van der Waals surface area contributed by atoms with E-state index in [1.54, 1.807) is 5.57 Å². The van der Waals surface area contributed by atoms with Crippen LogP contribution in [0, 0.1) is 46.3 Å². The molecule has 0 aromatic rings. The standard InChI is InChI=1S/C29H46O/c1-7-18(2)8-11-25-20(4)27-26(30-25)17-24-22-10-9-21-16-19(3)12-14-28(21,5)23(22)13-15-29(24,27)6/h9,18-19,22-24,26-27H,7-8,10-17H2,1-6H3. The Hall–Kier alpha value is -0.720. The monoisotopic (exact) mass is 410 g/mol. The second kappa shape index (κ2) is 7.41. The van der Waals surface area contributed by atoms with Crippen LogP contribution in [-0.2, 0) is 4.74 Å². The number of fused-ring (bicyclic) bond motifs is 7. The van der Waals surface area contributed by atoms with Crippen LogP contribution in [0.15, 0.2) is 23.0 Å². The van der Waals surface area contributed by atoms with Crippen LogP contribution in [0.25, 0.3) is 0 Å². The molecule has 9 unspecified atom stereocenters. The highest BCUT2D eigenvalue weighted by Crippen LogP contribution is 2.69. The minimum Gasteiger partial charge on any atom is -0.494 e. The van der Waals surface area contributed by atoms with Crippen LogP contribution in [0.2, 0.25) is 0 Å². The summed E-state index contributed by atoms with van der Waals surface area (Å²) < 4.78 is 6.74. The zero-order valence-electron chi connectivity index (χ0n) is 20.6. The summed E-state index contributed by atoms with van der Waals surface area (Å²) in [5.74, 6) is 6.48. The van der Waals surface area contributed by atoms with Gasteiger partial charge in [-0.2, -0.15) is 0 Å². The van der Waals surface area contributed by atoms with Crippen molar-refractivity contribution in [2.24, 2.45) is 46.3 Å². The largest absolute Gasteiger partial charge is 0.494 e. The summed E-state index contributed by atoms with van der Waals surface area (Å²) in [6, 6.07) is 0. The summed E-state index contributed by atoms with van der Waals surface area (Å²) >= 11 is 0. The van der Waals surface area contributed by atoms with Gasteiger partial charge >= 0.3 is 0 Å². The van der Waals surface area contributed by atoms with Crippen molar-refractivity contribution in [3.63, 3.8) is 0 Å². The lowest BCUT2D eigenvalue weighted by Gasteiger charge is -2.58. The molecule has 5 aliphatic rings. The highest BCUT2D eigenvalue weighted by Gasteiger charge is 2.63. The maximum absolute atomic E-state index is 6.74. The van der Waals surface area contributed by atoms with Crippen LogP contribution in [0.3, 0.4) is 0 Å². The molecule has 9 atom stereocenters. The van der Waals surface area contributed by atoms with Crippen LogP contribution in [0.1, 0.15) is 106 Å². The zero-order valence-corrected chi connectivity index (χ0v) is 20.6. The van der Waals surface area contributed by atoms with Crippen LogP contribution in [0.4, 0.5) is 0 Å². The summed E-state index contributed by atoms with van der Waals surface area (Å²) in [7, 11) is 0. The molecule has 0 amide bonds. The molecule has 30 heavy (non-hydrogen) atoms. The summed E-state index contributed by atoms with van der Waals surface area (Å²) in [4.78, 5) is 0. The second-order valence-electron chi connectivity index (χ2n) is 12.7. The Balaban J connectivity index is 1.38.